The smallest absolute Gasteiger partial charge is 0.245 e. The third-order valence-electron chi connectivity index (χ3n) is 4.01. The lowest BCUT2D eigenvalue weighted by Crippen LogP contribution is -2.46. The highest BCUT2D eigenvalue weighted by Gasteiger charge is 2.31. The topological polar surface area (TPSA) is 58.6 Å². The van der Waals surface area contributed by atoms with E-state index in [2.05, 4.69) is 5.32 Å². The molecule has 1 aromatic carbocycles. The van der Waals surface area contributed by atoms with E-state index >= 15 is 0 Å². The number of likely N-dealkylation sites (N-methyl/N-ethyl adjacent to an activating group) is 1. The van der Waals surface area contributed by atoms with Crippen molar-refractivity contribution >= 4 is 11.8 Å². The van der Waals surface area contributed by atoms with Gasteiger partial charge in [0.05, 0.1) is 7.11 Å². The molecule has 5 heteroatoms. The third kappa shape index (κ3) is 3.54. The Morgan fingerprint density at radius 3 is 2.81 bits per heavy atom. The maximum Gasteiger partial charge on any atom is 0.245 e. The van der Waals surface area contributed by atoms with Crippen molar-refractivity contribution in [3.63, 3.8) is 0 Å². The molecule has 1 N–H and O–H groups in total. The van der Waals surface area contributed by atoms with Gasteiger partial charge in [0.2, 0.25) is 11.8 Å². The van der Waals surface area contributed by atoms with Gasteiger partial charge in [-0.2, -0.15) is 0 Å². The zero-order chi connectivity index (χ0) is 15.4. The van der Waals surface area contributed by atoms with Crippen molar-refractivity contribution in [2.75, 3.05) is 14.2 Å². The molecular formula is C16H22N2O3. The van der Waals surface area contributed by atoms with Crippen LogP contribution < -0.4 is 10.1 Å². The number of nitrogens with zero attached hydrogens (tertiary/aromatic N) is 1. The molecule has 0 bridgehead atoms. The minimum atomic E-state index is -0.373. The number of rotatable bonds is 5. The number of methoxy groups -OCH3 is 1. The summed E-state index contributed by atoms with van der Waals surface area (Å²) >= 11 is 0. The highest BCUT2D eigenvalue weighted by molar-refractivity contribution is 5.90. The van der Waals surface area contributed by atoms with Crippen molar-refractivity contribution in [2.24, 2.45) is 0 Å². The standard InChI is InChI=1S/C16H22N2O3/c1-11(10-12-6-4-5-7-14(12)21-3)18(2)16(20)13-8-9-15(19)17-13/h4-7,11,13H,8-10H2,1-3H3,(H,17,19)/t11-,13-/m1/s1. The molecule has 2 rings (SSSR count). The van der Waals surface area contributed by atoms with Crippen LogP contribution in [0.5, 0.6) is 5.75 Å². The summed E-state index contributed by atoms with van der Waals surface area (Å²) in [6.07, 6.45) is 1.74. The van der Waals surface area contributed by atoms with Gasteiger partial charge in [-0.15, -0.1) is 0 Å². The first-order valence-corrected chi connectivity index (χ1v) is 7.21. The van der Waals surface area contributed by atoms with Crippen LogP contribution in [0.2, 0.25) is 0 Å². The first kappa shape index (κ1) is 15.4. The van der Waals surface area contributed by atoms with Gasteiger partial charge in [-0.1, -0.05) is 18.2 Å². The van der Waals surface area contributed by atoms with Gasteiger partial charge in [0, 0.05) is 19.5 Å². The monoisotopic (exact) mass is 290 g/mol. The SMILES string of the molecule is COc1ccccc1C[C@@H](C)N(C)C(=O)[C@H]1CCC(=O)N1. The lowest BCUT2D eigenvalue weighted by Gasteiger charge is -2.28. The normalized spacial score (nSPS) is 19.0. The fourth-order valence-corrected chi connectivity index (χ4v) is 2.59. The second-order valence-corrected chi connectivity index (χ2v) is 5.47. The summed E-state index contributed by atoms with van der Waals surface area (Å²) in [7, 11) is 3.43. The zero-order valence-electron chi connectivity index (χ0n) is 12.8. The summed E-state index contributed by atoms with van der Waals surface area (Å²) in [6.45, 7) is 2.00. The molecule has 1 aliphatic rings. The highest BCUT2D eigenvalue weighted by atomic mass is 16.5. The molecule has 1 aliphatic heterocycles. The molecule has 5 nitrogen and oxygen atoms in total. The van der Waals surface area contributed by atoms with E-state index in [9.17, 15) is 9.59 Å². The van der Waals surface area contributed by atoms with Gasteiger partial charge in [0.15, 0.2) is 0 Å². The predicted octanol–water partition coefficient (Wildman–Crippen LogP) is 1.36. The zero-order valence-corrected chi connectivity index (χ0v) is 12.8. The van der Waals surface area contributed by atoms with Gasteiger partial charge in [0.1, 0.15) is 11.8 Å². The van der Waals surface area contributed by atoms with Crippen LogP contribution in [0.1, 0.15) is 25.3 Å². The Bertz CT molecular complexity index is 530. The largest absolute Gasteiger partial charge is 0.496 e. The first-order valence-electron chi connectivity index (χ1n) is 7.21. The first-order chi connectivity index (χ1) is 10.0. The molecule has 2 atom stereocenters. The lowest BCUT2D eigenvalue weighted by atomic mass is 10.0. The van der Waals surface area contributed by atoms with Crippen LogP contribution in [0.3, 0.4) is 0 Å². The molecule has 0 aromatic heterocycles. The molecule has 0 saturated carbocycles. The Morgan fingerprint density at radius 1 is 1.48 bits per heavy atom. The van der Waals surface area contributed by atoms with E-state index in [0.717, 1.165) is 11.3 Å². The Labute approximate surface area is 125 Å². The van der Waals surface area contributed by atoms with Crippen LogP contribution in [0.15, 0.2) is 24.3 Å². The molecule has 1 heterocycles. The Balaban J connectivity index is 2.00. The van der Waals surface area contributed by atoms with Gasteiger partial charge < -0.3 is 15.0 Å². The van der Waals surface area contributed by atoms with Crippen LogP contribution in [0.25, 0.3) is 0 Å². The summed E-state index contributed by atoms with van der Waals surface area (Å²) in [6, 6.07) is 7.47. The maximum absolute atomic E-state index is 12.4. The molecule has 0 spiro atoms. The minimum absolute atomic E-state index is 0.0248. The minimum Gasteiger partial charge on any atom is -0.496 e. The average Bonchev–Trinajstić information content (AvgIpc) is 2.92. The molecule has 2 amide bonds. The number of para-hydroxylation sites is 1. The quantitative estimate of drug-likeness (QED) is 0.891. The van der Waals surface area contributed by atoms with Crippen molar-refractivity contribution in [1.29, 1.82) is 0 Å². The number of ether oxygens (including phenoxy) is 1. The van der Waals surface area contributed by atoms with Gasteiger partial charge >= 0.3 is 0 Å². The van der Waals surface area contributed by atoms with E-state index in [1.54, 1.807) is 19.1 Å². The fraction of sp³-hybridized carbons (Fsp3) is 0.500. The molecule has 0 radical (unpaired) electrons. The van der Waals surface area contributed by atoms with Crippen LogP contribution in [0.4, 0.5) is 0 Å². The van der Waals surface area contributed by atoms with Gasteiger partial charge in [0.25, 0.3) is 0 Å². The fourth-order valence-electron chi connectivity index (χ4n) is 2.59. The van der Waals surface area contributed by atoms with E-state index < -0.39 is 0 Å². The highest BCUT2D eigenvalue weighted by Crippen LogP contribution is 2.21. The van der Waals surface area contributed by atoms with Gasteiger partial charge in [-0.25, -0.2) is 0 Å². The second kappa shape index (κ2) is 6.61. The molecule has 0 unspecified atom stereocenters. The Morgan fingerprint density at radius 2 is 2.19 bits per heavy atom. The van der Waals surface area contributed by atoms with E-state index in [1.165, 1.54) is 0 Å². The number of carbonyl (C=O) groups excluding carboxylic acids is 2. The molecule has 21 heavy (non-hydrogen) atoms. The molecule has 1 saturated heterocycles. The summed E-state index contributed by atoms with van der Waals surface area (Å²) in [5, 5.41) is 2.72. The molecule has 1 aromatic rings. The molecular weight excluding hydrogens is 268 g/mol. The van der Waals surface area contributed by atoms with E-state index in [4.69, 9.17) is 4.74 Å². The average molecular weight is 290 g/mol. The van der Waals surface area contributed by atoms with Crippen molar-refractivity contribution in [3.8, 4) is 5.75 Å². The predicted molar refractivity (Wildman–Crippen MR) is 80.1 cm³/mol. The van der Waals surface area contributed by atoms with E-state index in [-0.39, 0.29) is 23.9 Å². The van der Waals surface area contributed by atoms with Crippen LogP contribution in [-0.4, -0.2) is 43.0 Å². The number of hydrogen-bond acceptors (Lipinski definition) is 3. The number of carbonyl (C=O) groups is 2. The van der Waals surface area contributed by atoms with Crippen LogP contribution >= 0.6 is 0 Å². The molecule has 0 aliphatic carbocycles. The van der Waals surface area contributed by atoms with E-state index in [0.29, 0.717) is 19.3 Å². The van der Waals surface area contributed by atoms with Crippen molar-refractivity contribution in [1.82, 2.24) is 10.2 Å². The number of hydrogen-bond donors (Lipinski definition) is 1. The Kier molecular flexibility index (Phi) is 4.83. The molecule has 1 fully saturated rings. The summed E-state index contributed by atoms with van der Waals surface area (Å²) in [5.41, 5.74) is 1.07. The number of benzene rings is 1. The Hall–Kier alpha value is -2.04. The summed E-state index contributed by atoms with van der Waals surface area (Å²) in [5.74, 6) is 0.766. The van der Waals surface area contributed by atoms with Gasteiger partial charge in [-0.05, 0) is 31.4 Å². The van der Waals surface area contributed by atoms with Crippen molar-refractivity contribution < 1.29 is 14.3 Å². The molecule has 114 valence electrons. The van der Waals surface area contributed by atoms with Crippen molar-refractivity contribution in [3.05, 3.63) is 29.8 Å². The van der Waals surface area contributed by atoms with Crippen LogP contribution in [-0.2, 0) is 16.0 Å². The second-order valence-electron chi connectivity index (χ2n) is 5.47. The summed E-state index contributed by atoms with van der Waals surface area (Å²) in [4.78, 5) is 25.3. The lowest BCUT2D eigenvalue weighted by molar-refractivity contribution is -0.134. The van der Waals surface area contributed by atoms with Crippen molar-refractivity contribution in [2.45, 2.75) is 38.3 Å². The van der Waals surface area contributed by atoms with Gasteiger partial charge in [-0.3, -0.25) is 9.59 Å². The number of amides is 2. The van der Waals surface area contributed by atoms with E-state index in [1.807, 2.05) is 31.2 Å². The third-order valence-corrected chi connectivity index (χ3v) is 4.01. The number of nitrogens with one attached hydrogen (secondary N) is 1. The summed E-state index contributed by atoms with van der Waals surface area (Å²) < 4.78 is 5.34. The maximum atomic E-state index is 12.4. The van der Waals surface area contributed by atoms with Crippen LogP contribution in [0, 0.1) is 0 Å².